The highest BCUT2D eigenvalue weighted by molar-refractivity contribution is 8.13. The van der Waals surface area contributed by atoms with Crippen LogP contribution in [0.25, 0.3) is 0 Å². The molecule has 0 spiro atoms. The van der Waals surface area contributed by atoms with Gasteiger partial charge in [0.15, 0.2) is 0 Å². The number of anilines is 1. The molecule has 1 aromatic carbocycles. The minimum atomic E-state index is -3.79. The van der Waals surface area contributed by atoms with Gasteiger partial charge in [-0.05, 0) is 31.2 Å². The zero-order valence-corrected chi connectivity index (χ0v) is 11.6. The van der Waals surface area contributed by atoms with Crippen molar-refractivity contribution in [2.75, 3.05) is 11.9 Å². The van der Waals surface area contributed by atoms with Crippen LogP contribution in [0, 0.1) is 0 Å². The van der Waals surface area contributed by atoms with Crippen LogP contribution in [0.5, 0.6) is 0 Å². The van der Waals surface area contributed by atoms with Crippen LogP contribution in [0.1, 0.15) is 13.3 Å². The molecule has 0 heterocycles. The van der Waals surface area contributed by atoms with E-state index in [0.29, 0.717) is 5.69 Å². The van der Waals surface area contributed by atoms with E-state index >= 15 is 0 Å². The van der Waals surface area contributed by atoms with Crippen LogP contribution in [0.3, 0.4) is 0 Å². The smallest absolute Gasteiger partial charge is 0.315 e. The zero-order valence-electron chi connectivity index (χ0n) is 10.1. The molecule has 0 aromatic heterocycles. The van der Waals surface area contributed by atoms with Crippen molar-refractivity contribution in [1.29, 1.82) is 0 Å². The van der Waals surface area contributed by atoms with Gasteiger partial charge in [0, 0.05) is 16.4 Å². The molecule has 0 aliphatic heterocycles. The molecule has 19 heavy (non-hydrogen) atoms. The first-order valence-corrected chi connectivity index (χ1v) is 7.64. The van der Waals surface area contributed by atoms with Crippen molar-refractivity contribution in [1.82, 2.24) is 0 Å². The second-order valence-corrected chi connectivity index (χ2v) is 6.06. The number of hydrogen-bond donors (Lipinski definition) is 1. The third kappa shape index (κ3) is 5.27. The lowest BCUT2D eigenvalue weighted by Gasteiger charge is -2.05. The van der Waals surface area contributed by atoms with Gasteiger partial charge in [-0.25, -0.2) is 8.42 Å². The molecule has 104 valence electrons. The quantitative estimate of drug-likeness (QED) is 0.506. The fraction of sp³-hybridized carbons (Fsp3) is 0.273. The van der Waals surface area contributed by atoms with Gasteiger partial charge < -0.3 is 10.1 Å². The molecular weight excluding hydrogens is 294 g/mol. The zero-order chi connectivity index (χ0) is 14.5. The lowest BCUT2D eigenvalue weighted by Crippen LogP contribution is -2.18. The Hall–Kier alpha value is -1.60. The number of amides is 1. The van der Waals surface area contributed by atoms with Gasteiger partial charge in [0.05, 0.1) is 11.5 Å². The number of rotatable bonds is 5. The van der Waals surface area contributed by atoms with Crippen molar-refractivity contribution in [2.24, 2.45) is 0 Å². The average Bonchev–Trinajstić information content (AvgIpc) is 2.28. The van der Waals surface area contributed by atoms with Gasteiger partial charge in [-0.2, -0.15) is 0 Å². The third-order valence-corrected chi connectivity index (χ3v) is 3.40. The summed E-state index contributed by atoms with van der Waals surface area (Å²) in [4.78, 5) is 22.4. The number of carbonyl (C=O) groups excluding carboxylic acids is 2. The summed E-state index contributed by atoms with van der Waals surface area (Å²) in [5.74, 6) is -1.17. The van der Waals surface area contributed by atoms with Gasteiger partial charge in [-0.15, -0.1) is 0 Å². The van der Waals surface area contributed by atoms with Gasteiger partial charge >= 0.3 is 5.97 Å². The normalized spacial score (nSPS) is 10.8. The van der Waals surface area contributed by atoms with E-state index in [1.807, 2.05) is 0 Å². The molecule has 0 aliphatic rings. The summed E-state index contributed by atoms with van der Waals surface area (Å²) in [6, 6.07) is 5.25. The molecule has 8 heteroatoms. The highest BCUT2D eigenvalue weighted by atomic mass is 35.7. The van der Waals surface area contributed by atoms with Crippen LogP contribution in [0.15, 0.2) is 29.2 Å². The van der Waals surface area contributed by atoms with Crippen molar-refractivity contribution in [3.63, 3.8) is 0 Å². The second-order valence-electron chi connectivity index (χ2n) is 3.49. The van der Waals surface area contributed by atoms with Crippen LogP contribution in [0.4, 0.5) is 5.69 Å². The largest absolute Gasteiger partial charge is 0.466 e. The predicted octanol–water partition coefficient (Wildman–Crippen LogP) is 1.51. The first kappa shape index (κ1) is 15.5. The Morgan fingerprint density at radius 2 is 1.84 bits per heavy atom. The number of benzene rings is 1. The molecule has 0 saturated heterocycles. The van der Waals surface area contributed by atoms with E-state index in [2.05, 4.69) is 10.1 Å². The number of halogens is 1. The molecule has 0 aliphatic carbocycles. The molecule has 0 atom stereocenters. The Balaban J connectivity index is 2.63. The van der Waals surface area contributed by atoms with Gasteiger partial charge in [0.2, 0.25) is 5.91 Å². The van der Waals surface area contributed by atoms with Gasteiger partial charge in [-0.3, -0.25) is 9.59 Å². The fourth-order valence-electron chi connectivity index (χ4n) is 1.25. The van der Waals surface area contributed by atoms with Crippen LogP contribution >= 0.6 is 10.7 Å². The highest BCUT2D eigenvalue weighted by Gasteiger charge is 2.12. The maximum Gasteiger partial charge on any atom is 0.315 e. The number of nitrogens with one attached hydrogen (secondary N) is 1. The highest BCUT2D eigenvalue weighted by Crippen LogP contribution is 2.17. The van der Waals surface area contributed by atoms with Crippen LogP contribution in [-0.4, -0.2) is 26.9 Å². The van der Waals surface area contributed by atoms with Crippen LogP contribution in [-0.2, 0) is 23.4 Å². The summed E-state index contributed by atoms with van der Waals surface area (Å²) in [6.45, 7) is 1.84. The molecule has 0 unspecified atom stereocenters. The SMILES string of the molecule is CCOC(=O)CC(=O)Nc1ccc(S(=O)(=O)Cl)cc1. The van der Waals surface area contributed by atoms with E-state index in [4.69, 9.17) is 10.7 Å². The molecule has 1 rings (SSSR count). The summed E-state index contributed by atoms with van der Waals surface area (Å²) in [6.07, 6.45) is -0.399. The second kappa shape index (κ2) is 6.53. The number of esters is 1. The van der Waals surface area contributed by atoms with E-state index in [0.717, 1.165) is 0 Å². The first-order valence-electron chi connectivity index (χ1n) is 5.33. The molecule has 1 amide bonds. The maximum atomic E-state index is 11.4. The minimum Gasteiger partial charge on any atom is -0.466 e. The van der Waals surface area contributed by atoms with Gasteiger partial charge in [-0.1, -0.05) is 0 Å². The molecule has 0 fully saturated rings. The first-order chi connectivity index (χ1) is 8.82. The van der Waals surface area contributed by atoms with E-state index < -0.39 is 27.3 Å². The number of ether oxygens (including phenoxy) is 1. The summed E-state index contributed by atoms with van der Waals surface area (Å²) in [5, 5.41) is 2.43. The van der Waals surface area contributed by atoms with Crippen molar-refractivity contribution in [3.05, 3.63) is 24.3 Å². The Labute approximate surface area is 115 Å². The lowest BCUT2D eigenvalue weighted by atomic mass is 10.3. The Morgan fingerprint density at radius 3 is 2.32 bits per heavy atom. The van der Waals surface area contributed by atoms with Crippen molar-refractivity contribution >= 4 is 37.3 Å². The lowest BCUT2D eigenvalue weighted by molar-refractivity contribution is -0.145. The minimum absolute atomic E-state index is 0.0717. The van der Waals surface area contributed by atoms with E-state index in [-0.39, 0.29) is 11.5 Å². The van der Waals surface area contributed by atoms with Crippen molar-refractivity contribution in [2.45, 2.75) is 18.2 Å². The summed E-state index contributed by atoms with van der Waals surface area (Å²) >= 11 is 0. The van der Waals surface area contributed by atoms with E-state index in [9.17, 15) is 18.0 Å². The van der Waals surface area contributed by atoms with Crippen LogP contribution < -0.4 is 5.32 Å². The topological polar surface area (TPSA) is 89.5 Å². The standard InChI is InChI=1S/C11H12ClNO5S/c1-2-18-11(15)7-10(14)13-8-3-5-9(6-4-8)19(12,16)17/h3-6H,2,7H2,1H3,(H,13,14). The third-order valence-electron chi connectivity index (χ3n) is 2.03. The Bertz CT molecular complexity index is 567. The van der Waals surface area contributed by atoms with Crippen molar-refractivity contribution in [3.8, 4) is 0 Å². The molecule has 0 bridgehead atoms. The summed E-state index contributed by atoms with van der Waals surface area (Å²) in [7, 11) is 1.35. The molecule has 6 nitrogen and oxygen atoms in total. The van der Waals surface area contributed by atoms with Crippen LogP contribution in [0.2, 0.25) is 0 Å². The number of hydrogen-bond acceptors (Lipinski definition) is 5. The van der Waals surface area contributed by atoms with Crippen molar-refractivity contribution < 1.29 is 22.7 Å². The van der Waals surface area contributed by atoms with E-state index in [1.54, 1.807) is 6.92 Å². The number of carbonyl (C=O) groups is 2. The molecule has 1 N–H and O–H groups in total. The molecule has 0 radical (unpaired) electrons. The Kier molecular flexibility index (Phi) is 5.31. The average molecular weight is 306 g/mol. The van der Waals surface area contributed by atoms with Gasteiger partial charge in [0.1, 0.15) is 6.42 Å². The monoisotopic (exact) mass is 305 g/mol. The summed E-state index contributed by atoms with van der Waals surface area (Å²) in [5.41, 5.74) is 0.360. The van der Waals surface area contributed by atoms with Gasteiger partial charge in [0.25, 0.3) is 9.05 Å². The van der Waals surface area contributed by atoms with E-state index in [1.165, 1.54) is 24.3 Å². The summed E-state index contributed by atoms with van der Waals surface area (Å²) < 4.78 is 26.6. The fourth-order valence-corrected chi connectivity index (χ4v) is 2.02. The predicted molar refractivity (Wildman–Crippen MR) is 69.4 cm³/mol. The molecule has 0 saturated carbocycles. The molecular formula is C11H12ClNO5S. The molecule has 1 aromatic rings. The maximum absolute atomic E-state index is 11.4. The Morgan fingerprint density at radius 1 is 1.26 bits per heavy atom.